The van der Waals surface area contributed by atoms with E-state index in [0.29, 0.717) is 12.2 Å². The summed E-state index contributed by atoms with van der Waals surface area (Å²) in [6.45, 7) is 3.11. The fourth-order valence-corrected chi connectivity index (χ4v) is 2.46. The van der Waals surface area contributed by atoms with Gasteiger partial charge in [-0.05, 0) is 19.1 Å². The minimum absolute atomic E-state index is 0.175. The molecule has 0 amide bonds. The van der Waals surface area contributed by atoms with Crippen LogP contribution < -0.4 is 11.0 Å². The first-order valence-corrected chi connectivity index (χ1v) is 6.66. The van der Waals surface area contributed by atoms with Crippen molar-refractivity contribution in [3.63, 3.8) is 0 Å². The van der Waals surface area contributed by atoms with Gasteiger partial charge in [0.1, 0.15) is 10.7 Å². The summed E-state index contributed by atoms with van der Waals surface area (Å²) in [6.07, 6.45) is 1.70. The van der Waals surface area contributed by atoms with Gasteiger partial charge in [0.25, 0.3) is 0 Å². The molecular weight excluding hydrogens is 264 g/mol. The Kier molecular flexibility index (Phi) is 3.00. The minimum atomic E-state index is -0.175. The molecule has 0 aliphatic heterocycles. The van der Waals surface area contributed by atoms with Gasteiger partial charge in [-0.2, -0.15) is 0 Å². The van der Waals surface area contributed by atoms with Crippen LogP contribution in [-0.4, -0.2) is 30.3 Å². The van der Waals surface area contributed by atoms with Crippen molar-refractivity contribution in [1.29, 1.82) is 0 Å². The van der Waals surface area contributed by atoms with Crippen molar-refractivity contribution in [3.05, 3.63) is 40.6 Å². The molecule has 3 aromatic rings. The zero-order valence-corrected chi connectivity index (χ0v) is 11.1. The monoisotopic (exact) mass is 276 g/mol. The number of rotatable bonds is 4. The predicted octanol–water partition coefficient (Wildman–Crippen LogP) is 0.828. The lowest BCUT2D eigenvalue weighted by molar-refractivity contribution is 0.645. The fourth-order valence-electron chi connectivity index (χ4n) is 1.82. The summed E-state index contributed by atoms with van der Waals surface area (Å²) < 4.78 is 6.80. The lowest BCUT2D eigenvalue weighted by atomic mass is 10.4. The van der Waals surface area contributed by atoms with Crippen LogP contribution in [0.25, 0.3) is 5.65 Å². The van der Waals surface area contributed by atoms with Gasteiger partial charge in [-0.3, -0.25) is 4.40 Å². The molecule has 7 nitrogen and oxygen atoms in total. The fraction of sp³-hybridized carbons (Fsp3) is 0.273. The van der Waals surface area contributed by atoms with Crippen LogP contribution in [0.2, 0.25) is 0 Å². The maximum absolute atomic E-state index is 12.1. The highest BCUT2D eigenvalue weighted by Crippen LogP contribution is 2.17. The van der Waals surface area contributed by atoms with Crippen LogP contribution in [0.15, 0.2) is 29.2 Å². The van der Waals surface area contributed by atoms with E-state index < -0.39 is 0 Å². The van der Waals surface area contributed by atoms with Crippen molar-refractivity contribution in [1.82, 2.24) is 23.8 Å². The number of anilines is 1. The van der Waals surface area contributed by atoms with Gasteiger partial charge in [0.05, 0.1) is 6.54 Å². The highest BCUT2D eigenvalue weighted by atomic mass is 32.1. The highest BCUT2D eigenvalue weighted by Gasteiger charge is 2.12. The molecule has 0 spiro atoms. The molecule has 0 atom stereocenters. The Labute approximate surface area is 112 Å². The first-order valence-electron chi connectivity index (χ1n) is 5.89. The number of pyridine rings is 1. The van der Waals surface area contributed by atoms with Crippen molar-refractivity contribution in [2.24, 2.45) is 0 Å². The van der Waals surface area contributed by atoms with E-state index in [1.54, 1.807) is 18.3 Å². The quantitative estimate of drug-likeness (QED) is 0.763. The minimum Gasteiger partial charge on any atom is -0.374 e. The molecule has 0 saturated carbocycles. The molecule has 98 valence electrons. The van der Waals surface area contributed by atoms with E-state index in [9.17, 15) is 4.79 Å². The largest absolute Gasteiger partial charge is 0.374 e. The van der Waals surface area contributed by atoms with E-state index in [-0.39, 0.29) is 5.69 Å². The summed E-state index contributed by atoms with van der Waals surface area (Å²) in [6, 6.07) is 5.44. The molecule has 3 aromatic heterocycles. The molecule has 3 rings (SSSR count). The first-order chi connectivity index (χ1) is 9.29. The molecule has 0 aromatic carbocycles. The van der Waals surface area contributed by atoms with Crippen molar-refractivity contribution in [2.45, 2.75) is 13.5 Å². The number of hydrogen-bond donors (Lipinski definition) is 1. The zero-order valence-electron chi connectivity index (χ0n) is 10.3. The third-order valence-corrected chi connectivity index (χ3v) is 3.41. The van der Waals surface area contributed by atoms with Crippen molar-refractivity contribution in [3.8, 4) is 0 Å². The number of aromatic nitrogens is 5. The second-order valence-electron chi connectivity index (χ2n) is 3.95. The maximum Gasteiger partial charge on any atom is 0.350 e. The van der Waals surface area contributed by atoms with Gasteiger partial charge < -0.3 is 5.32 Å². The normalized spacial score (nSPS) is 11.0. The molecule has 8 heteroatoms. The summed E-state index contributed by atoms with van der Waals surface area (Å²) in [4.78, 5) is 12.1. The van der Waals surface area contributed by atoms with Crippen LogP contribution in [0.1, 0.15) is 12.6 Å². The van der Waals surface area contributed by atoms with E-state index in [4.69, 9.17) is 0 Å². The maximum atomic E-state index is 12.1. The third kappa shape index (κ3) is 2.10. The molecule has 0 radical (unpaired) electrons. The standard InChI is InChI=1S/C11H12N6OS/c1-2-12-10-8(13-15-19-10)7-17-11(18)16-6-4-3-5-9(16)14-17/h3-6,12H,2,7H2,1H3. The molecule has 0 unspecified atom stereocenters. The predicted molar refractivity (Wildman–Crippen MR) is 72.6 cm³/mol. The molecule has 0 saturated heterocycles. The number of hydrogen-bond acceptors (Lipinski definition) is 6. The summed E-state index contributed by atoms with van der Waals surface area (Å²) in [5, 5.41) is 12.4. The lowest BCUT2D eigenvalue weighted by Gasteiger charge is -2.00. The Balaban J connectivity index is 1.99. The van der Waals surface area contributed by atoms with Gasteiger partial charge in [0.2, 0.25) is 0 Å². The third-order valence-electron chi connectivity index (χ3n) is 2.68. The molecule has 19 heavy (non-hydrogen) atoms. The van der Waals surface area contributed by atoms with Crippen LogP contribution in [0.5, 0.6) is 0 Å². The van der Waals surface area contributed by atoms with Gasteiger partial charge >= 0.3 is 5.69 Å². The van der Waals surface area contributed by atoms with Crippen LogP contribution in [0, 0.1) is 0 Å². The molecule has 0 bridgehead atoms. The number of nitrogens with zero attached hydrogens (tertiary/aromatic N) is 5. The Hall–Kier alpha value is -2.22. The van der Waals surface area contributed by atoms with Crippen LogP contribution in [-0.2, 0) is 6.54 Å². The van der Waals surface area contributed by atoms with Crippen LogP contribution >= 0.6 is 11.5 Å². The first kappa shape index (κ1) is 11.8. The molecule has 0 fully saturated rings. The topological polar surface area (TPSA) is 77.1 Å². The van der Waals surface area contributed by atoms with E-state index in [0.717, 1.165) is 17.2 Å². The van der Waals surface area contributed by atoms with Crippen LogP contribution in [0.4, 0.5) is 5.00 Å². The van der Waals surface area contributed by atoms with E-state index in [2.05, 4.69) is 20.0 Å². The molecule has 1 N–H and O–H groups in total. The summed E-state index contributed by atoms with van der Waals surface area (Å²) >= 11 is 1.28. The van der Waals surface area contributed by atoms with Gasteiger partial charge in [-0.15, -0.1) is 10.2 Å². The summed E-state index contributed by atoms with van der Waals surface area (Å²) in [7, 11) is 0. The molecule has 0 aliphatic rings. The van der Waals surface area contributed by atoms with Gasteiger partial charge in [-0.1, -0.05) is 10.6 Å². The van der Waals surface area contributed by atoms with Crippen molar-refractivity contribution < 1.29 is 0 Å². The van der Waals surface area contributed by atoms with E-state index in [1.165, 1.54) is 20.6 Å². The Morgan fingerprint density at radius 1 is 1.42 bits per heavy atom. The summed E-state index contributed by atoms with van der Waals surface area (Å²) in [5.74, 6) is 0. The highest BCUT2D eigenvalue weighted by molar-refractivity contribution is 7.10. The van der Waals surface area contributed by atoms with Gasteiger partial charge in [0, 0.05) is 24.3 Å². The second-order valence-corrected chi connectivity index (χ2v) is 4.70. The zero-order chi connectivity index (χ0) is 13.2. The van der Waals surface area contributed by atoms with E-state index in [1.807, 2.05) is 13.0 Å². The van der Waals surface area contributed by atoms with E-state index >= 15 is 0 Å². The molecule has 3 heterocycles. The van der Waals surface area contributed by atoms with Crippen molar-refractivity contribution >= 4 is 22.2 Å². The number of nitrogens with one attached hydrogen (secondary N) is 1. The Bertz CT molecular complexity index is 758. The van der Waals surface area contributed by atoms with Gasteiger partial charge in [0.15, 0.2) is 5.65 Å². The molecular formula is C11H12N6OS. The van der Waals surface area contributed by atoms with Crippen LogP contribution in [0.3, 0.4) is 0 Å². The van der Waals surface area contributed by atoms with Gasteiger partial charge in [-0.25, -0.2) is 9.48 Å². The van der Waals surface area contributed by atoms with Crippen molar-refractivity contribution in [2.75, 3.05) is 11.9 Å². The average Bonchev–Trinajstić information content (AvgIpc) is 2.98. The SMILES string of the molecule is CCNc1snnc1Cn1nc2ccccn2c1=O. The molecule has 0 aliphatic carbocycles. The lowest BCUT2D eigenvalue weighted by Crippen LogP contribution is -2.22. The number of fused-ring (bicyclic) bond motifs is 1. The summed E-state index contributed by atoms with van der Waals surface area (Å²) in [5.41, 5.74) is 1.18. The Morgan fingerprint density at radius 2 is 2.32 bits per heavy atom. The second kappa shape index (κ2) is 4.81. The average molecular weight is 276 g/mol. The Morgan fingerprint density at radius 3 is 3.11 bits per heavy atom. The smallest absolute Gasteiger partial charge is 0.350 e.